The van der Waals surface area contributed by atoms with Crippen LogP contribution in [0.3, 0.4) is 0 Å². The van der Waals surface area contributed by atoms with Crippen LogP contribution < -0.4 is 10.1 Å². The molecule has 1 unspecified atom stereocenters. The van der Waals surface area contributed by atoms with E-state index in [2.05, 4.69) is 4.98 Å². The van der Waals surface area contributed by atoms with Crippen LogP contribution in [0.5, 0.6) is 5.75 Å². The number of alkyl halides is 1. The third-order valence-corrected chi connectivity index (χ3v) is 6.09. The van der Waals surface area contributed by atoms with Crippen molar-refractivity contribution in [2.75, 3.05) is 6.56 Å². The van der Waals surface area contributed by atoms with Crippen molar-refractivity contribution in [1.82, 2.24) is 9.55 Å². The van der Waals surface area contributed by atoms with Crippen LogP contribution >= 0.6 is 20.0 Å². The lowest BCUT2D eigenvalue weighted by atomic mass is 10.1. The Morgan fingerprint density at radius 2 is 2.26 bits per heavy atom. The molecule has 0 saturated carbocycles. The Balaban J connectivity index is 1.67. The number of nitrogens with zero attached hydrogens (tertiary/aromatic N) is 1. The maximum atomic E-state index is 15.9. The number of aliphatic hydroxyl groups excluding tert-OH is 2. The molecule has 2 aromatic rings. The molecule has 5 atom stereocenters. The van der Waals surface area contributed by atoms with Gasteiger partial charge in [-0.2, -0.15) is 0 Å². The van der Waals surface area contributed by atoms with Gasteiger partial charge < -0.3 is 19.5 Å². The van der Waals surface area contributed by atoms with Gasteiger partial charge in [0.2, 0.25) is 0 Å². The zero-order chi connectivity index (χ0) is 25.3. The van der Waals surface area contributed by atoms with E-state index in [1.165, 1.54) is 0 Å². The molecule has 2 aliphatic rings. The molecule has 2 aliphatic heterocycles. The molecule has 0 radical (unpaired) electrons. The van der Waals surface area contributed by atoms with Gasteiger partial charge in [0, 0.05) is 17.8 Å². The first-order valence-corrected chi connectivity index (χ1v) is 10.8. The molecular weight excluding hydrogens is 454 g/mol. The summed E-state index contributed by atoms with van der Waals surface area (Å²) in [5.41, 5.74) is 1.25. The van der Waals surface area contributed by atoms with Crippen LogP contribution in [0.4, 0.5) is 4.39 Å². The predicted molar refractivity (Wildman–Crippen MR) is 107 cm³/mol. The number of phosphoric ester groups is 1. The number of hydrogen-bond donors (Lipinski definition) is 3. The quantitative estimate of drug-likeness (QED) is 0.448. The first kappa shape index (κ1) is 18.6. The maximum Gasteiger partial charge on any atom is 0.530 e. The number of ether oxygens (including phenoxy) is 1. The Labute approximate surface area is 185 Å². The van der Waals surface area contributed by atoms with Crippen LogP contribution in [0.1, 0.15) is 27.0 Å². The van der Waals surface area contributed by atoms with Crippen LogP contribution in [-0.2, 0) is 25.0 Å². The standard InChI is InChI=1S/C18H20FN2O8PS/c1-9-5-10(2)14-11(6-9)7-26-30(25,29-14)27-8-18(19)15(24)13(23)16(28-18)21-4-3-12(22)20-17(21)31/h3-6,13,15-16,23-24H,7-8H2,1-2H3,(H,20,22,31)/t13-,15+,16-,18-,30?/m1/s1/i8D2,16D. The highest BCUT2D eigenvalue weighted by Gasteiger charge is 2.57. The van der Waals surface area contributed by atoms with Crippen LogP contribution in [0, 0.1) is 18.6 Å². The largest absolute Gasteiger partial charge is 0.530 e. The smallest absolute Gasteiger partial charge is 0.403 e. The predicted octanol–water partition coefficient (Wildman–Crippen LogP) is 2.17. The van der Waals surface area contributed by atoms with Crippen molar-refractivity contribution in [3.63, 3.8) is 0 Å². The molecule has 1 aromatic carbocycles. The van der Waals surface area contributed by atoms with Crippen LogP contribution in [-0.4, -0.2) is 44.4 Å². The van der Waals surface area contributed by atoms with Crippen molar-refractivity contribution in [3.05, 3.63) is 56.2 Å². The van der Waals surface area contributed by atoms with Gasteiger partial charge in [-0.3, -0.25) is 23.4 Å². The zero-order valence-corrected chi connectivity index (χ0v) is 17.9. The van der Waals surface area contributed by atoms with Crippen LogP contribution in [0.25, 0.3) is 0 Å². The molecular formula is C18H20FN2O8PS. The number of phosphoric acid groups is 1. The van der Waals surface area contributed by atoms with E-state index in [9.17, 15) is 19.6 Å². The van der Waals surface area contributed by atoms with Gasteiger partial charge in [0.25, 0.3) is 11.4 Å². The van der Waals surface area contributed by atoms with Crippen molar-refractivity contribution in [3.8, 4) is 5.75 Å². The summed E-state index contributed by atoms with van der Waals surface area (Å²) in [6.45, 7) is -0.609. The van der Waals surface area contributed by atoms with Gasteiger partial charge in [-0.05, 0) is 31.6 Å². The number of hydrogen-bond acceptors (Lipinski definition) is 9. The van der Waals surface area contributed by atoms with Crippen LogP contribution in [0.2, 0.25) is 0 Å². The van der Waals surface area contributed by atoms with Gasteiger partial charge >= 0.3 is 7.82 Å². The van der Waals surface area contributed by atoms with Gasteiger partial charge in [-0.15, -0.1) is 0 Å². The van der Waals surface area contributed by atoms with Gasteiger partial charge in [-0.25, -0.2) is 8.96 Å². The number of H-pyrrole nitrogens is 1. The monoisotopic (exact) mass is 477 g/mol. The summed E-state index contributed by atoms with van der Waals surface area (Å²) in [5, 5.41) is 20.8. The summed E-state index contributed by atoms with van der Waals surface area (Å²) in [4.78, 5) is 13.5. The number of rotatable bonds is 4. The van der Waals surface area contributed by atoms with Gasteiger partial charge in [-0.1, -0.05) is 17.7 Å². The number of aryl methyl sites for hydroxylation is 2. The fraction of sp³-hybridized carbons (Fsp3) is 0.444. The highest BCUT2D eigenvalue weighted by atomic mass is 32.1. The summed E-state index contributed by atoms with van der Waals surface area (Å²) in [6.07, 6.45) is -7.19. The van der Waals surface area contributed by atoms with Gasteiger partial charge in [0.1, 0.15) is 24.5 Å². The van der Waals surface area contributed by atoms with E-state index in [1.807, 2.05) is 6.92 Å². The molecule has 31 heavy (non-hydrogen) atoms. The van der Waals surface area contributed by atoms with E-state index in [-0.39, 0.29) is 12.4 Å². The van der Waals surface area contributed by atoms with Crippen molar-refractivity contribution in [1.29, 1.82) is 0 Å². The number of fused-ring (bicyclic) bond motifs is 1. The molecule has 10 nitrogen and oxygen atoms in total. The summed E-state index contributed by atoms with van der Waals surface area (Å²) >= 11 is 4.90. The van der Waals surface area contributed by atoms with E-state index < -0.39 is 49.0 Å². The minimum Gasteiger partial charge on any atom is -0.403 e. The molecule has 4 rings (SSSR count). The number of nitrogens with one attached hydrogen (secondary N) is 1. The fourth-order valence-corrected chi connectivity index (χ4v) is 4.62. The summed E-state index contributed by atoms with van der Waals surface area (Å²) in [7, 11) is -4.80. The normalized spacial score (nSPS) is 36.7. The van der Waals surface area contributed by atoms with Crippen molar-refractivity contribution < 1.29 is 41.6 Å². The minimum atomic E-state index is -4.80. The molecule has 0 aliphatic carbocycles. The molecule has 0 spiro atoms. The highest BCUT2D eigenvalue weighted by Crippen LogP contribution is 2.56. The Kier molecular flexibility index (Phi) is 4.74. The zero-order valence-electron chi connectivity index (χ0n) is 19.2. The molecule has 13 heteroatoms. The van der Waals surface area contributed by atoms with E-state index >= 15 is 4.39 Å². The average Bonchev–Trinajstić information content (AvgIpc) is 2.90. The lowest BCUT2D eigenvalue weighted by Gasteiger charge is -2.29. The molecule has 1 aromatic heterocycles. The van der Waals surface area contributed by atoms with Crippen molar-refractivity contribution in [2.24, 2.45) is 0 Å². The lowest BCUT2D eigenvalue weighted by molar-refractivity contribution is -0.205. The summed E-state index contributed by atoms with van der Waals surface area (Å²) in [5.74, 6) is -3.85. The lowest BCUT2D eigenvalue weighted by Crippen LogP contribution is -2.43. The Morgan fingerprint density at radius 3 is 2.97 bits per heavy atom. The van der Waals surface area contributed by atoms with Gasteiger partial charge in [0.05, 0.1) is 10.7 Å². The molecule has 0 amide bonds. The van der Waals surface area contributed by atoms with E-state index in [0.717, 1.165) is 17.8 Å². The molecule has 3 heterocycles. The summed E-state index contributed by atoms with van der Waals surface area (Å²) in [6, 6.07) is 4.29. The van der Waals surface area contributed by atoms with Gasteiger partial charge in [0.15, 0.2) is 11.0 Å². The number of aromatic nitrogens is 2. The maximum absolute atomic E-state index is 15.9. The minimum absolute atomic E-state index is 0.103. The van der Waals surface area contributed by atoms with Crippen molar-refractivity contribution >= 4 is 20.0 Å². The topological polar surface area (TPSA) is 132 Å². The molecule has 1 saturated heterocycles. The SMILES string of the molecule is [2H]C([2H])(OP1(=O)OCc2cc(C)cc(C)c2O1)[C@@]1(F)O[C@@]([2H])(n2ccc(=O)[nH]c2=S)[C@H](O)[C@@H]1O. The number of aliphatic hydroxyl groups is 2. The third kappa shape index (κ3) is 4.12. The molecule has 3 N–H and O–H groups in total. The fourth-order valence-electron chi connectivity index (χ4n) is 3.20. The third-order valence-electron chi connectivity index (χ3n) is 4.62. The Bertz CT molecular complexity index is 1320. The Morgan fingerprint density at radius 1 is 1.52 bits per heavy atom. The summed E-state index contributed by atoms with van der Waals surface area (Å²) < 4.78 is 73.6. The first-order chi connectivity index (χ1) is 15.6. The molecule has 168 valence electrons. The second-order valence-corrected chi connectivity index (χ2v) is 8.93. The Hall–Kier alpha value is -1.92. The average molecular weight is 477 g/mol. The second kappa shape index (κ2) is 7.89. The van der Waals surface area contributed by atoms with E-state index in [1.54, 1.807) is 19.1 Å². The van der Waals surface area contributed by atoms with Crippen LogP contribution in [0.15, 0.2) is 29.2 Å². The van der Waals surface area contributed by atoms with E-state index in [0.29, 0.717) is 15.7 Å². The number of halogens is 1. The number of aromatic amines is 1. The van der Waals surface area contributed by atoms with Crippen molar-refractivity contribution in [2.45, 2.75) is 44.7 Å². The second-order valence-electron chi connectivity index (χ2n) is 7.03. The molecule has 0 bridgehead atoms. The highest BCUT2D eigenvalue weighted by molar-refractivity contribution is 7.71. The number of benzene rings is 1. The first-order valence-electron chi connectivity index (χ1n) is 10.4. The molecule has 1 fully saturated rings. The van der Waals surface area contributed by atoms with E-state index in [4.69, 9.17) is 34.6 Å².